The van der Waals surface area contributed by atoms with Crippen LogP contribution in [-0.4, -0.2) is 4.98 Å². The summed E-state index contributed by atoms with van der Waals surface area (Å²) in [6.07, 6.45) is 3.50. The predicted molar refractivity (Wildman–Crippen MR) is 115 cm³/mol. The molecule has 4 nitrogen and oxygen atoms in total. The van der Waals surface area contributed by atoms with Gasteiger partial charge in [0.25, 0.3) is 0 Å². The third kappa shape index (κ3) is 3.89. The lowest BCUT2D eigenvalue weighted by Gasteiger charge is -2.29. The third-order valence-corrected chi connectivity index (χ3v) is 5.82. The topological polar surface area (TPSA) is 71.9 Å². The molecule has 0 amide bonds. The van der Waals surface area contributed by atoms with Gasteiger partial charge in [0.05, 0.1) is 5.92 Å². The van der Waals surface area contributed by atoms with Crippen molar-refractivity contribution in [2.45, 2.75) is 17.7 Å². The van der Waals surface area contributed by atoms with Gasteiger partial charge in [-0.1, -0.05) is 65.9 Å². The zero-order valence-electron chi connectivity index (χ0n) is 15.9. The van der Waals surface area contributed by atoms with E-state index in [1.54, 1.807) is 24.2 Å². The van der Waals surface area contributed by atoms with Crippen molar-refractivity contribution in [1.29, 1.82) is 5.26 Å². The number of rotatable bonds is 4. The van der Waals surface area contributed by atoms with Gasteiger partial charge < -0.3 is 10.5 Å². The highest BCUT2D eigenvalue weighted by molar-refractivity contribution is 8.03. The number of nitriles is 1. The molecule has 0 aliphatic carbocycles. The maximum atomic E-state index is 9.85. The molecule has 142 valence electrons. The zero-order chi connectivity index (χ0) is 20.2. The molecule has 2 aromatic carbocycles. The molecule has 0 fully saturated rings. The second-order valence-electron chi connectivity index (χ2n) is 6.69. The van der Waals surface area contributed by atoms with Gasteiger partial charge in [-0.25, -0.2) is 0 Å². The third-order valence-electron chi connectivity index (χ3n) is 4.68. The number of thioether (sulfide) groups is 1. The average molecular weight is 398 g/mol. The van der Waals surface area contributed by atoms with Gasteiger partial charge in [0.1, 0.15) is 17.4 Å². The van der Waals surface area contributed by atoms with Gasteiger partial charge in [0.15, 0.2) is 0 Å². The second-order valence-corrected chi connectivity index (χ2v) is 7.80. The first-order chi connectivity index (χ1) is 14.2. The fourth-order valence-electron chi connectivity index (χ4n) is 3.23. The molecule has 1 aliphatic heterocycles. The van der Waals surface area contributed by atoms with Crippen molar-refractivity contribution in [3.63, 3.8) is 0 Å². The number of ether oxygens (including phenoxy) is 1. The summed E-state index contributed by atoms with van der Waals surface area (Å²) in [6.45, 7) is 2.06. The lowest BCUT2D eigenvalue weighted by molar-refractivity contribution is 0.359. The van der Waals surface area contributed by atoms with Crippen molar-refractivity contribution in [3.05, 3.63) is 112 Å². The molecule has 1 aliphatic rings. The molecule has 29 heavy (non-hydrogen) atoms. The van der Waals surface area contributed by atoms with Gasteiger partial charge >= 0.3 is 0 Å². The molecule has 5 heteroatoms. The fourth-order valence-corrected chi connectivity index (χ4v) is 4.38. The summed E-state index contributed by atoms with van der Waals surface area (Å²) in [5, 5.41) is 9.85. The van der Waals surface area contributed by atoms with Gasteiger partial charge in [-0.05, 0) is 30.7 Å². The van der Waals surface area contributed by atoms with Crippen molar-refractivity contribution in [2.75, 3.05) is 0 Å². The Hall–Kier alpha value is -3.49. The first-order valence-corrected chi connectivity index (χ1v) is 10.0. The second kappa shape index (κ2) is 8.26. The number of aromatic nitrogens is 1. The molecule has 3 aromatic rings. The maximum Gasteiger partial charge on any atom is 0.205 e. The summed E-state index contributed by atoms with van der Waals surface area (Å²) in [7, 11) is 0. The molecule has 0 saturated carbocycles. The number of nitrogens with zero attached hydrogens (tertiary/aromatic N) is 2. The van der Waals surface area contributed by atoms with Crippen LogP contribution in [0.5, 0.6) is 0 Å². The van der Waals surface area contributed by atoms with Gasteiger partial charge in [0, 0.05) is 27.8 Å². The first kappa shape index (κ1) is 18.9. The van der Waals surface area contributed by atoms with Crippen LogP contribution in [0.4, 0.5) is 0 Å². The molecule has 0 spiro atoms. The predicted octanol–water partition coefficient (Wildman–Crippen LogP) is 5.36. The van der Waals surface area contributed by atoms with Crippen molar-refractivity contribution in [2.24, 2.45) is 5.73 Å². The van der Waals surface area contributed by atoms with Crippen LogP contribution in [0, 0.1) is 18.3 Å². The van der Waals surface area contributed by atoms with Crippen molar-refractivity contribution < 1.29 is 4.74 Å². The van der Waals surface area contributed by atoms with Gasteiger partial charge in [0.2, 0.25) is 5.88 Å². The van der Waals surface area contributed by atoms with Crippen LogP contribution < -0.4 is 5.73 Å². The molecule has 0 radical (unpaired) electrons. The van der Waals surface area contributed by atoms with Crippen LogP contribution in [0.1, 0.15) is 22.6 Å². The van der Waals surface area contributed by atoms with Crippen LogP contribution in [-0.2, 0) is 4.74 Å². The van der Waals surface area contributed by atoms with E-state index < -0.39 is 0 Å². The number of hydrogen-bond acceptors (Lipinski definition) is 5. The Balaban J connectivity index is 1.91. The molecule has 0 bridgehead atoms. The molecule has 2 N–H and O–H groups in total. The lowest BCUT2D eigenvalue weighted by atomic mass is 9.89. The Morgan fingerprint density at radius 1 is 1.03 bits per heavy atom. The molecular formula is C24H19N3OS. The van der Waals surface area contributed by atoms with E-state index in [9.17, 15) is 5.26 Å². The highest BCUT2D eigenvalue weighted by atomic mass is 32.2. The van der Waals surface area contributed by atoms with E-state index >= 15 is 0 Å². The Labute approximate surface area is 174 Å². The summed E-state index contributed by atoms with van der Waals surface area (Å²) < 4.78 is 6.01. The minimum atomic E-state index is -0.344. The van der Waals surface area contributed by atoms with E-state index in [2.05, 4.69) is 42.2 Å². The zero-order valence-corrected chi connectivity index (χ0v) is 16.7. The maximum absolute atomic E-state index is 9.85. The average Bonchev–Trinajstić information content (AvgIpc) is 2.77. The number of aryl methyl sites for hydroxylation is 1. The van der Waals surface area contributed by atoms with E-state index in [1.165, 1.54) is 5.56 Å². The van der Waals surface area contributed by atoms with E-state index in [-0.39, 0.29) is 11.8 Å². The van der Waals surface area contributed by atoms with Gasteiger partial charge in [-0.3, -0.25) is 4.98 Å². The highest BCUT2D eigenvalue weighted by Gasteiger charge is 2.34. The number of pyridine rings is 1. The van der Waals surface area contributed by atoms with E-state index in [1.807, 2.05) is 42.5 Å². The highest BCUT2D eigenvalue weighted by Crippen LogP contribution is 2.49. The number of allylic oxidation sites excluding steroid dienone is 2. The Bertz CT molecular complexity index is 1110. The van der Waals surface area contributed by atoms with Crippen LogP contribution in [0.3, 0.4) is 0 Å². The Morgan fingerprint density at radius 3 is 2.45 bits per heavy atom. The molecule has 1 atom stereocenters. The van der Waals surface area contributed by atoms with Crippen LogP contribution >= 0.6 is 11.8 Å². The van der Waals surface area contributed by atoms with Crippen molar-refractivity contribution in [3.8, 4) is 6.07 Å². The van der Waals surface area contributed by atoms with Crippen LogP contribution in [0.25, 0.3) is 5.76 Å². The Kier molecular flexibility index (Phi) is 5.37. The fraction of sp³-hybridized carbons (Fsp3) is 0.0833. The molecule has 1 aromatic heterocycles. The quantitative estimate of drug-likeness (QED) is 0.642. The largest absolute Gasteiger partial charge is 0.439 e. The van der Waals surface area contributed by atoms with E-state index in [0.29, 0.717) is 11.3 Å². The molecule has 2 heterocycles. The Morgan fingerprint density at radius 2 is 1.79 bits per heavy atom. The lowest BCUT2D eigenvalue weighted by Crippen LogP contribution is -2.19. The molecular weight excluding hydrogens is 378 g/mol. The van der Waals surface area contributed by atoms with Crippen molar-refractivity contribution >= 4 is 17.5 Å². The summed E-state index contributed by atoms with van der Waals surface area (Å²) in [4.78, 5) is 6.24. The minimum absolute atomic E-state index is 0.133. The number of hydrogen-bond donors (Lipinski definition) is 1. The summed E-state index contributed by atoms with van der Waals surface area (Å²) >= 11 is 1.59. The normalized spacial score (nSPS) is 16.3. The molecule has 0 saturated heterocycles. The minimum Gasteiger partial charge on any atom is -0.439 e. The van der Waals surface area contributed by atoms with Gasteiger partial charge in [-0.2, -0.15) is 5.26 Å². The van der Waals surface area contributed by atoms with Gasteiger partial charge in [-0.15, -0.1) is 0 Å². The molecule has 1 unspecified atom stereocenters. The summed E-state index contributed by atoms with van der Waals surface area (Å²) in [6, 6.07) is 24.2. The molecule has 4 rings (SSSR count). The summed E-state index contributed by atoms with van der Waals surface area (Å²) in [5.74, 6) is 0.457. The van der Waals surface area contributed by atoms with Crippen LogP contribution in [0.2, 0.25) is 0 Å². The summed E-state index contributed by atoms with van der Waals surface area (Å²) in [5.41, 5.74) is 9.59. The van der Waals surface area contributed by atoms with E-state index in [0.717, 1.165) is 20.9 Å². The first-order valence-electron chi connectivity index (χ1n) is 9.19. The standard InChI is InChI=1S/C24H19N3OS/c1-16-9-11-19(12-10-16)29-23-21(18-8-5-13-27-15-18)20(14-25)24(26)28-22(23)17-6-3-2-4-7-17/h2-13,15,21H,26H2,1H3. The van der Waals surface area contributed by atoms with E-state index in [4.69, 9.17) is 10.5 Å². The van der Waals surface area contributed by atoms with Crippen LogP contribution in [0.15, 0.2) is 100 Å². The smallest absolute Gasteiger partial charge is 0.205 e. The van der Waals surface area contributed by atoms with Crippen molar-refractivity contribution in [1.82, 2.24) is 4.98 Å². The monoisotopic (exact) mass is 397 g/mol. The SMILES string of the molecule is Cc1ccc(SC2=C(c3ccccc3)OC(N)=C(C#N)C2c2cccnc2)cc1. The number of benzene rings is 2. The number of nitrogens with two attached hydrogens (primary N) is 1.